The van der Waals surface area contributed by atoms with E-state index in [9.17, 15) is 0 Å². The second-order valence-corrected chi connectivity index (χ2v) is 6.87. The third-order valence-corrected chi connectivity index (χ3v) is 5.09. The fourth-order valence-electron chi connectivity index (χ4n) is 3.66. The molecule has 2 heteroatoms. The summed E-state index contributed by atoms with van der Waals surface area (Å²) >= 11 is 6.32. The summed E-state index contributed by atoms with van der Waals surface area (Å²) in [4.78, 5) is 0. The third kappa shape index (κ3) is 2.40. The summed E-state index contributed by atoms with van der Waals surface area (Å²) in [5.74, 6) is 0. The van der Waals surface area contributed by atoms with Crippen LogP contribution in [0.3, 0.4) is 0 Å². The number of para-hydroxylation sites is 1. The van der Waals surface area contributed by atoms with Gasteiger partial charge in [0.2, 0.25) is 0 Å². The molecule has 1 heterocycles. The molecular weight excluding hydrogens is 338 g/mol. The fourth-order valence-corrected chi connectivity index (χ4v) is 3.82. The first-order chi connectivity index (χ1) is 12.8. The first kappa shape index (κ1) is 15.2. The molecule has 0 N–H and O–H groups in total. The molecule has 0 spiro atoms. The van der Waals surface area contributed by atoms with Gasteiger partial charge in [0, 0.05) is 21.5 Å². The Balaban J connectivity index is 1.89. The van der Waals surface area contributed by atoms with E-state index in [-0.39, 0.29) is 0 Å². The van der Waals surface area contributed by atoms with Crippen molar-refractivity contribution in [2.45, 2.75) is 0 Å². The zero-order chi connectivity index (χ0) is 17.5. The Morgan fingerprint density at radius 3 is 1.88 bits per heavy atom. The summed E-state index contributed by atoms with van der Waals surface area (Å²) in [6.45, 7) is 0. The van der Waals surface area contributed by atoms with E-state index in [1.165, 1.54) is 27.4 Å². The van der Waals surface area contributed by atoms with E-state index in [1.807, 2.05) is 24.3 Å². The van der Waals surface area contributed by atoms with Crippen molar-refractivity contribution in [1.82, 2.24) is 4.57 Å². The van der Waals surface area contributed by atoms with Gasteiger partial charge in [-0.2, -0.15) is 0 Å². The maximum absolute atomic E-state index is 6.32. The molecule has 0 aliphatic carbocycles. The van der Waals surface area contributed by atoms with Gasteiger partial charge >= 0.3 is 0 Å². The van der Waals surface area contributed by atoms with Crippen molar-refractivity contribution in [2.24, 2.45) is 0 Å². The average molecular weight is 354 g/mol. The highest BCUT2D eigenvalue weighted by Gasteiger charge is 2.13. The van der Waals surface area contributed by atoms with E-state index in [0.29, 0.717) is 0 Å². The van der Waals surface area contributed by atoms with Gasteiger partial charge in [-0.3, -0.25) is 0 Å². The monoisotopic (exact) mass is 353 g/mol. The van der Waals surface area contributed by atoms with Gasteiger partial charge in [-0.1, -0.05) is 78.3 Å². The van der Waals surface area contributed by atoms with Crippen molar-refractivity contribution in [3.63, 3.8) is 0 Å². The summed E-state index contributed by atoms with van der Waals surface area (Å²) in [5, 5.41) is 3.20. The van der Waals surface area contributed by atoms with E-state index < -0.39 is 0 Å². The van der Waals surface area contributed by atoms with Crippen molar-refractivity contribution >= 4 is 33.4 Å². The summed E-state index contributed by atoms with van der Waals surface area (Å²) < 4.78 is 2.29. The molecule has 0 fully saturated rings. The highest BCUT2D eigenvalue weighted by molar-refractivity contribution is 6.31. The molecule has 0 aliphatic heterocycles. The quantitative estimate of drug-likeness (QED) is 0.319. The van der Waals surface area contributed by atoms with Crippen molar-refractivity contribution < 1.29 is 0 Å². The van der Waals surface area contributed by atoms with Gasteiger partial charge in [-0.15, -0.1) is 0 Å². The highest BCUT2D eigenvalue weighted by atomic mass is 35.5. The lowest BCUT2D eigenvalue weighted by atomic mass is 10.0. The minimum Gasteiger partial charge on any atom is -0.309 e. The van der Waals surface area contributed by atoms with Crippen LogP contribution in [0.25, 0.3) is 38.6 Å². The Labute approximate surface area is 157 Å². The lowest BCUT2D eigenvalue weighted by Crippen LogP contribution is -1.93. The predicted molar refractivity (Wildman–Crippen MR) is 111 cm³/mol. The molecule has 26 heavy (non-hydrogen) atoms. The Kier molecular flexibility index (Phi) is 3.55. The molecule has 1 aromatic heterocycles. The molecule has 0 aliphatic rings. The van der Waals surface area contributed by atoms with Gasteiger partial charge < -0.3 is 4.57 Å². The van der Waals surface area contributed by atoms with Crippen molar-refractivity contribution in [3.05, 3.63) is 102 Å². The number of hydrogen-bond acceptors (Lipinski definition) is 0. The number of hydrogen-bond donors (Lipinski definition) is 0. The van der Waals surface area contributed by atoms with E-state index in [4.69, 9.17) is 11.6 Å². The van der Waals surface area contributed by atoms with E-state index >= 15 is 0 Å². The average Bonchev–Trinajstić information content (AvgIpc) is 3.02. The van der Waals surface area contributed by atoms with Gasteiger partial charge in [-0.05, 0) is 41.5 Å². The minimum absolute atomic E-state index is 0.751. The molecule has 5 aromatic rings. The SMILES string of the molecule is Clc1ccc2c3ccc(-c4ccccc4)cc3n(-c3ccccc3)c2c1. The first-order valence-electron chi connectivity index (χ1n) is 8.66. The van der Waals surface area contributed by atoms with Gasteiger partial charge in [-0.25, -0.2) is 0 Å². The predicted octanol–water partition coefficient (Wildman–Crippen LogP) is 7.10. The molecule has 0 saturated heterocycles. The molecule has 124 valence electrons. The van der Waals surface area contributed by atoms with Crippen molar-refractivity contribution in [1.29, 1.82) is 0 Å². The standard InChI is InChI=1S/C24H16ClN/c25-19-12-14-22-21-13-11-18(17-7-3-1-4-8-17)15-23(21)26(24(22)16-19)20-9-5-2-6-10-20/h1-16H. The molecule has 0 amide bonds. The Morgan fingerprint density at radius 2 is 1.15 bits per heavy atom. The maximum Gasteiger partial charge on any atom is 0.0555 e. The van der Waals surface area contributed by atoms with E-state index in [0.717, 1.165) is 16.2 Å². The summed E-state index contributed by atoms with van der Waals surface area (Å²) in [5.41, 5.74) is 5.89. The van der Waals surface area contributed by atoms with Crippen LogP contribution in [0.1, 0.15) is 0 Å². The van der Waals surface area contributed by atoms with Crippen LogP contribution in [0, 0.1) is 0 Å². The van der Waals surface area contributed by atoms with Crippen LogP contribution in [0.5, 0.6) is 0 Å². The molecule has 0 atom stereocenters. The Morgan fingerprint density at radius 1 is 0.538 bits per heavy atom. The summed E-state index contributed by atoms with van der Waals surface area (Å²) in [6.07, 6.45) is 0. The smallest absolute Gasteiger partial charge is 0.0555 e. The van der Waals surface area contributed by atoms with Crippen LogP contribution in [0.15, 0.2) is 97.1 Å². The number of fused-ring (bicyclic) bond motifs is 3. The summed E-state index contributed by atoms with van der Waals surface area (Å²) in [6, 6.07) is 33.7. The zero-order valence-electron chi connectivity index (χ0n) is 14.1. The molecule has 0 bridgehead atoms. The number of halogens is 1. The van der Waals surface area contributed by atoms with Crippen LogP contribution in [0.4, 0.5) is 0 Å². The van der Waals surface area contributed by atoms with Crippen molar-refractivity contribution in [2.75, 3.05) is 0 Å². The topological polar surface area (TPSA) is 4.93 Å². The van der Waals surface area contributed by atoms with Gasteiger partial charge in [0.25, 0.3) is 0 Å². The third-order valence-electron chi connectivity index (χ3n) is 4.85. The van der Waals surface area contributed by atoms with Crippen LogP contribution >= 0.6 is 11.6 Å². The minimum atomic E-state index is 0.751. The maximum atomic E-state index is 6.32. The van der Waals surface area contributed by atoms with E-state index in [2.05, 4.69) is 77.4 Å². The number of nitrogens with zero attached hydrogens (tertiary/aromatic N) is 1. The number of aromatic nitrogens is 1. The van der Waals surface area contributed by atoms with Crippen molar-refractivity contribution in [3.8, 4) is 16.8 Å². The molecule has 0 radical (unpaired) electrons. The molecule has 4 aromatic carbocycles. The zero-order valence-corrected chi connectivity index (χ0v) is 14.8. The second kappa shape index (κ2) is 6.05. The number of benzene rings is 4. The molecular formula is C24H16ClN. The lowest BCUT2D eigenvalue weighted by Gasteiger charge is -2.09. The van der Waals surface area contributed by atoms with Gasteiger partial charge in [0.1, 0.15) is 0 Å². The molecule has 1 nitrogen and oxygen atoms in total. The van der Waals surface area contributed by atoms with E-state index in [1.54, 1.807) is 0 Å². The van der Waals surface area contributed by atoms with Crippen LogP contribution in [0.2, 0.25) is 5.02 Å². The van der Waals surface area contributed by atoms with Crippen LogP contribution in [-0.4, -0.2) is 4.57 Å². The highest BCUT2D eigenvalue weighted by Crippen LogP contribution is 2.35. The normalized spacial score (nSPS) is 11.3. The largest absolute Gasteiger partial charge is 0.309 e. The molecule has 0 unspecified atom stereocenters. The van der Waals surface area contributed by atoms with Crippen LogP contribution in [-0.2, 0) is 0 Å². The fraction of sp³-hybridized carbons (Fsp3) is 0. The summed E-state index contributed by atoms with van der Waals surface area (Å²) in [7, 11) is 0. The van der Waals surface area contributed by atoms with Gasteiger partial charge in [0.05, 0.1) is 11.0 Å². The second-order valence-electron chi connectivity index (χ2n) is 6.43. The first-order valence-corrected chi connectivity index (χ1v) is 9.04. The number of rotatable bonds is 2. The van der Waals surface area contributed by atoms with Crippen LogP contribution < -0.4 is 0 Å². The lowest BCUT2D eigenvalue weighted by molar-refractivity contribution is 1.18. The van der Waals surface area contributed by atoms with Gasteiger partial charge in [0.15, 0.2) is 0 Å². The Hall–Kier alpha value is -3.03. The Bertz CT molecular complexity index is 1220. The molecule has 0 saturated carbocycles. The molecule has 5 rings (SSSR count).